The molecule has 0 saturated carbocycles. The molecule has 0 aliphatic carbocycles. The Labute approximate surface area is 91.9 Å². The number of carbonyl (C=O) groups is 2. The number of amides is 2. The topological polar surface area (TPSA) is 58.2 Å². The summed E-state index contributed by atoms with van der Waals surface area (Å²) in [5.74, 6) is 0.0787. The minimum Gasteiger partial charge on any atom is -0.354 e. The van der Waals surface area contributed by atoms with Crippen LogP contribution in [-0.4, -0.2) is 29.2 Å². The monoisotopic (exact) mass is 262 g/mol. The predicted molar refractivity (Wildman–Crippen MR) is 57.2 cm³/mol. The molecule has 1 aliphatic rings. The van der Waals surface area contributed by atoms with Crippen molar-refractivity contribution in [1.82, 2.24) is 10.6 Å². The number of hydrogen-bond acceptors (Lipinski definition) is 2. The van der Waals surface area contributed by atoms with Gasteiger partial charge in [-0.25, -0.2) is 0 Å². The van der Waals surface area contributed by atoms with Crippen molar-refractivity contribution in [3.8, 4) is 0 Å². The lowest BCUT2D eigenvalue weighted by molar-refractivity contribution is -0.125. The Morgan fingerprint density at radius 1 is 1.79 bits per heavy atom. The normalized spacial score (nSPS) is 23.9. The third-order valence-electron chi connectivity index (χ3n) is 2.25. The summed E-state index contributed by atoms with van der Waals surface area (Å²) >= 11 is 3.28. The smallest absolute Gasteiger partial charge is 0.234 e. The van der Waals surface area contributed by atoms with Crippen LogP contribution in [0, 0.1) is 0 Å². The molecule has 2 atom stereocenters. The molecule has 1 fully saturated rings. The van der Waals surface area contributed by atoms with E-state index < -0.39 is 0 Å². The molecule has 0 aromatic carbocycles. The van der Waals surface area contributed by atoms with Crippen molar-refractivity contribution in [2.45, 2.75) is 37.1 Å². The molecular weight excluding hydrogens is 248 g/mol. The van der Waals surface area contributed by atoms with Crippen molar-refractivity contribution in [3.05, 3.63) is 0 Å². The van der Waals surface area contributed by atoms with Crippen molar-refractivity contribution in [1.29, 1.82) is 0 Å². The van der Waals surface area contributed by atoms with E-state index in [1.807, 2.05) is 6.92 Å². The first-order valence-electron chi connectivity index (χ1n) is 4.84. The lowest BCUT2D eigenvalue weighted by atomic mass is 10.1. The van der Waals surface area contributed by atoms with Crippen LogP contribution < -0.4 is 10.6 Å². The highest BCUT2D eigenvalue weighted by Crippen LogP contribution is 2.07. The third-order valence-corrected chi connectivity index (χ3v) is 3.32. The summed E-state index contributed by atoms with van der Waals surface area (Å²) in [5, 5.41) is 5.61. The van der Waals surface area contributed by atoms with Crippen molar-refractivity contribution in [2.24, 2.45) is 0 Å². The predicted octanol–water partition coefficient (Wildman–Crippen LogP) is 0.555. The fourth-order valence-electron chi connectivity index (χ4n) is 1.33. The van der Waals surface area contributed by atoms with Crippen LogP contribution in [0.1, 0.15) is 26.2 Å². The van der Waals surface area contributed by atoms with Crippen LogP contribution in [-0.2, 0) is 9.59 Å². The van der Waals surface area contributed by atoms with E-state index in [9.17, 15) is 9.59 Å². The molecule has 1 aliphatic heterocycles. The average molecular weight is 263 g/mol. The Morgan fingerprint density at radius 2 is 2.50 bits per heavy atom. The Balaban J connectivity index is 2.30. The number of piperidine rings is 1. The highest BCUT2D eigenvalue weighted by molar-refractivity contribution is 9.10. The molecule has 1 heterocycles. The number of rotatable bonds is 3. The Kier molecular flexibility index (Phi) is 4.38. The summed E-state index contributed by atoms with van der Waals surface area (Å²) < 4.78 is 0. The number of alkyl halides is 1. The van der Waals surface area contributed by atoms with Gasteiger partial charge >= 0.3 is 0 Å². The Morgan fingerprint density at radius 3 is 3.00 bits per heavy atom. The molecule has 5 heteroatoms. The minimum atomic E-state index is -0.125. The summed E-state index contributed by atoms with van der Waals surface area (Å²) in [6.45, 7) is 2.50. The van der Waals surface area contributed by atoms with Crippen molar-refractivity contribution < 1.29 is 9.59 Å². The van der Waals surface area contributed by atoms with Gasteiger partial charge in [0.1, 0.15) is 0 Å². The first-order valence-corrected chi connectivity index (χ1v) is 5.76. The van der Waals surface area contributed by atoms with Crippen LogP contribution in [0.2, 0.25) is 0 Å². The molecule has 2 amide bonds. The third kappa shape index (κ3) is 3.29. The van der Waals surface area contributed by atoms with Gasteiger partial charge in [-0.2, -0.15) is 0 Å². The van der Waals surface area contributed by atoms with Crippen LogP contribution in [0.25, 0.3) is 0 Å². The highest BCUT2D eigenvalue weighted by Gasteiger charge is 2.21. The van der Waals surface area contributed by atoms with Crippen LogP contribution in [0.3, 0.4) is 0 Å². The lowest BCUT2D eigenvalue weighted by Crippen LogP contribution is -2.49. The second-order valence-corrected chi connectivity index (χ2v) is 4.53. The van der Waals surface area contributed by atoms with Crippen LogP contribution in [0.5, 0.6) is 0 Å². The minimum absolute atomic E-state index is 0.00801. The van der Waals surface area contributed by atoms with Gasteiger partial charge in [0.05, 0.1) is 4.83 Å². The molecule has 0 aromatic rings. The summed E-state index contributed by atoms with van der Waals surface area (Å²) in [5.41, 5.74) is 0. The summed E-state index contributed by atoms with van der Waals surface area (Å²) in [4.78, 5) is 22.2. The van der Waals surface area contributed by atoms with Gasteiger partial charge in [0, 0.05) is 19.0 Å². The van der Waals surface area contributed by atoms with E-state index >= 15 is 0 Å². The molecule has 80 valence electrons. The maximum atomic E-state index is 11.5. The van der Waals surface area contributed by atoms with E-state index in [-0.39, 0.29) is 22.7 Å². The molecule has 1 saturated heterocycles. The van der Waals surface area contributed by atoms with Gasteiger partial charge in [0.15, 0.2) is 0 Å². The highest BCUT2D eigenvalue weighted by atomic mass is 79.9. The summed E-state index contributed by atoms with van der Waals surface area (Å²) in [6.07, 6.45) is 2.01. The fourth-order valence-corrected chi connectivity index (χ4v) is 1.47. The van der Waals surface area contributed by atoms with Gasteiger partial charge in [-0.05, 0) is 12.8 Å². The van der Waals surface area contributed by atoms with E-state index in [0.29, 0.717) is 13.0 Å². The van der Waals surface area contributed by atoms with Gasteiger partial charge in [0.2, 0.25) is 11.8 Å². The second-order valence-electron chi connectivity index (χ2n) is 3.42. The van der Waals surface area contributed by atoms with E-state index in [2.05, 4.69) is 26.6 Å². The van der Waals surface area contributed by atoms with Crippen LogP contribution in [0.4, 0.5) is 0 Å². The van der Waals surface area contributed by atoms with E-state index in [1.54, 1.807) is 0 Å². The van der Waals surface area contributed by atoms with Crippen molar-refractivity contribution >= 4 is 27.7 Å². The van der Waals surface area contributed by atoms with E-state index in [1.165, 1.54) is 0 Å². The molecule has 4 nitrogen and oxygen atoms in total. The Bertz CT molecular complexity index is 223. The molecule has 2 N–H and O–H groups in total. The van der Waals surface area contributed by atoms with Gasteiger partial charge in [0.25, 0.3) is 0 Å². The van der Waals surface area contributed by atoms with Crippen molar-refractivity contribution in [3.63, 3.8) is 0 Å². The zero-order valence-corrected chi connectivity index (χ0v) is 9.76. The first-order chi connectivity index (χ1) is 6.63. The number of nitrogens with one attached hydrogen (secondary N) is 2. The first kappa shape index (κ1) is 11.5. The molecule has 0 bridgehead atoms. The van der Waals surface area contributed by atoms with E-state index in [0.717, 1.165) is 12.8 Å². The number of halogens is 1. The largest absolute Gasteiger partial charge is 0.354 e. The number of hydrogen-bond donors (Lipinski definition) is 2. The molecule has 1 rings (SSSR count). The fraction of sp³-hybridized carbons (Fsp3) is 0.778. The van der Waals surface area contributed by atoms with E-state index in [4.69, 9.17) is 0 Å². The average Bonchev–Trinajstić information content (AvgIpc) is 2.20. The van der Waals surface area contributed by atoms with Gasteiger partial charge in [-0.15, -0.1) is 0 Å². The summed E-state index contributed by atoms with van der Waals surface area (Å²) in [7, 11) is 0. The molecular formula is C9H15BrN2O2. The summed E-state index contributed by atoms with van der Waals surface area (Å²) in [6, 6.07) is 0.0896. The maximum absolute atomic E-state index is 11.5. The second kappa shape index (κ2) is 5.34. The molecule has 0 spiro atoms. The zero-order chi connectivity index (χ0) is 10.6. The number of carbonyl (C=O) groups excluding carboxylic acids is 2. The molecule has 0 aromatic heterocycles. The molecule has 2 unspecified atom stereocenters. The van der Waals surface area contributed by atoms with Crippen LogP contribution >= 0.6 is 15.9 Å². The lowest BCUT2D eigenvalue weighted by Gasteiger charge is -2.24. The van der Waals surface area contributed by atoms with Gasteiger partial charge < -0.3 is 10.6 Å². The van der Waals surface area contributed by atoms with Crippen molar-refractivity contribution in [2.75, 3.05) is 6.54 Å². The quantitative estimate of drug-likeness (QED) is 0.731. The molecule has 0 radical (unpaired) electrons. The SMILES string of the molecule is CCC(Br)C(=O)NC1CCC(=O)NC1. The van der Waals surface area contributed by atoms with Gasteiger partial charge in [-0.3, -0.25) is 9.59 Å². The maximum Gasteiger partial charge on any atom is 0.234 e. The zero-order valence-electron chi connectivity index (χ0n) is 8.18. The van der Waals surface area contributed by atoms with Gasteiger partial charge in [-0.1, -0.05) is 22.9 Å². The molecule has 14 heavy (non-hydrogen) atoms. The van der Waals surface area contributed by atoms with Crippen LogP contribution in [0.15, 0.2) is 0 Å². The Hall–Kier alpha value is -0.580. The standard InChI is InChI=1S/C9H15BrN2O2/c1-2-7(10)9(14)12-6-3-4-8(13)11-5-6/h6-7H,2-5H2,1H3,(H,11,13)(H,12,14).